The fourth-order valence-electron chi connectivity index (χ4n) is 4.59. The first-order valence-electron chi connectivity index (χ1n) is 10.5. The Morgan fingerprint density at radius 2 is 2.16 bits per heavy atom. The van der Waals surface area contributed by atoms with E-state index in [-0.39, 0.29) is 17.4 Å². The largest absolute Gasteiger partial charge is 0.507 e. The number of phenols is 1. The van der Waals surface area contributed by atoms with Crippen molar-refractivity contribution in [3.8, 4) is 22.9 Å². The minimum Gasteiger partial charge on any atom is -0.507 e. The third kappa shape index (κ3) is 3.36. The van der Waals surface area contributed by atoms with Gasteiger partial charge in [-0.2, -0.15) is 0 Å². The van der Waals surface area contributed by atoms with Crippen LogP contribution in [-0.2, 0) is 0 Å². The fourth-order valence-corrected chi connectivity index (χ4v) is 4.59. The van der Waals surface area contributed by atoms with Crippen molar-refractivity contribution < 1.29 is 9.84 Å². The molecule has 2 aliphatic heterocycles. The molecule has 0 aliphatic carbocycles. The molecule has 3 aromatic rings. The van der Waals surface area contributed by atoms with E-state index in [9.17, 15) is 5.11 Å². The zero-order chi connectivity index (χ0) is 21.4. The van der Waals surface area contributed by atoms with Gasteiger partial charge in [-0.1, -0.05) is 31.7 Å². The summed E-state index contributed by atoms with van der Waals surface area (Å²) in [5, 5.41) is 22.5. The van der Waals surface area contributed by atoms with Crippen molar-refractivity contribution in [1.82, 2.24) is 15.2 Å². The van der Waals surface area contributed by atoms with Gasteiger partial charge >= 0.3 is 0 Å². The highest BCUT2D eigenvalue weighted by Crippen LogP contribution is 2.45. The highest BCUT2D eigenvalue weighted by Gasteiger charge is 2.48. The molecule has 2 aromatic heterocycles. The molecule has 2 atom stereocenters. The Kier molecular flexibility index (Phi) is 4.73. The van der Waals surface area contributed by atoms with Gasteiger partial charge in [0.2, 0.25) is 5.88 Å². The number of rotatable bonds is 5. The lowest BCUT2D eigenvalue weighted by atomic mass is 9.90. The molecule has 0 bridgehead atoms. The molecule has 1 aromatic carbocycles. The molecular weight excluding hydrogens is 390 g/mol. The Morgan fingerprint density at radius 1 is 1.29 bits per heavy atom. The van der Waals surface area contributed by atoms with Crippen LogP contribution >= 0.6 is 0 Å². The predicted octanol–water partition coefficient (Wildman–Crippen LogP) is 4.12. The third-order valence-electron chi connectivity index (χ3n) is 6.34. The molecule has 1 saturated heterocycles. The molecule has 0 unspecified atom stereocenters. The van der Waals surface area contributed by atoms with Gasteiger partial charge in [-0.15, -0.1) is 10.2 Å². The molecular formula is C24H25N5O2. The van der Waals surface area contributed by atoms with Gasteiger partial charge in [0.15, 0.2) is 5.82 Å². The Labute approximate surface area is 181 Å². The second-order valence-corrected chi connectivity index (χ2v) is 8.10. The summed E-state index contributed by atoms with van der Waals surface area (Å²) in [6.45, 7) is 7.49. The summed E-state index contributed by atoms with van der Waals surface area (Å²) in [7, 11) is 0. The molecule has 1 fully saturated rings. The van der Waals surface area contributed by atoms with E-state index in [1.54, 1.807) is 24.4 Å². The predicted molar refractivity (Wildman–Crippen MR) is 121 cm³/mol. The van der Waals surface area contributed by atoms with Gasteiger partial charge < -0.3 is 20.1 Å². The summed E-state index contributed by atoms with van der Waals surface area (Å²) in [5.74, 6) is 1.58. The van der Waals surface area contributed by atoms with Crippen LogP contribution in [0.3, 0.4) is 0 Å². The minimum atomic E-state index is -0.0717. The zero-order valence-corrected chi connectivity index (χ0v) is 17.5. The number of para-hydroxylation sites is 1. The SMILES string of the molecule is C=Cc1ccc(O[C@H]2CN3c4cc(-c5ccccc5O)nnc4NC[C@@]3(CC)C2)nc1. The van der Waals surface area contributed by atoms with Crippen LogP contribution in [0.15, 0.2) is 55.2 Å². The van der Waals surface area contributed by atoms with Crippen molar-refractivity contribution in [3.05, 3.63) is 60.8 Å². The van der Waals surface area contributed by atoms with E-state index in [1.165, 1.54) is 0 Å². The van der Waals surface area contributed by atoms with Crippen LogP contribution in [0.1, 0.15) is 25.3 Å². The van der Waals surface area contributed by atoms with Crippen molar-refractivity contribution in [1.29, 1.82) is 0 Å². The van der Waals surface area contributed by atoms with Gasteiger partial charge in [0.1, 0.15) is 11.9 Å². The topological polar surface area (TPSA) is 83.4 Å². The molecule has 2 aliphatic rings. The molecule has 158 valence electrons. The average Bonchev–Trinajstić information content (AvgIpc) is 3.19. The van der Waals surface area contributed by atoms with E-state index in [0.717, 1.165) is 43.0 Å². The van der Waals surface area contributed by atoms with E-state index in [0.29, 0.717) is 17.1 Å². The number of ether oxygens (including phenoxy) is 1. The summed E-state index contributed by atoms with van der Waals surface area (Å²) in [4.78, 5) is 6.80. The number of nitrogens with one attached hydrogen (secondary N) is 1. The number of aromatic hydroxyl groups is 1. The van der Waals surface area contributed by atoms with E-state index in [4.69, 9.17) is 4.74 Å². The van der Waals surface area contributed by atoms with E-state index in [1.807, 2.05) is 30.3 Å². The number of anilines is 2. The lowest BCUT2D eigenvalue weighted by molar-refractivity contribution is 0.202. The van der Waals surface area contributed by atoms with Crippen molar-refractivity contribution in [2.45, 2.75) is 31.4 Å². The first-order valence-corrected chi connectivity index (χ1v) is 10.5. The highest BCUT2D eigenvalue weighted by atomic mass is 16.5. The van der Waals surface area contributed by atoms with Gasteiger partial charge in [-0.05, 0) is 36.2 Å². The molecule has 2 N–H and O–H groups in total. The number of nitrogens with zero attached hydrogens (tertiary/aromatic N) is 4. The minimum absolute atomic E-state index is 0.0107. The van der Waals surface area contributed by atoms with Gasteiger partial charge in [0.05, 0.1) is 23.5 Å². The van der Waals surface area contributed by atoms with E-state index in [2.05, 4.69) is 38.9 Å². The number of pyridine rings is 1. The third-order valence-corrected chi connectivity index (χ3v) is 6.34. The Morgan fingerprint density at radius 3 is 2.90 bits per heavy atom. The Hall–Kier alpha value is -3.61. The second kappa shape index (κ2) is 7.58. The maximum Gasteiger partial charge on any atom is 0.213 e. The van der Waals surface area contributed by atoms with Crippen LogP contribution in [0.4, 0.5) is 11.5 Å². The second-order valence-electron chi connectivity index (χ2n) is 8.10. The first kappa shape index (κ1) is 19.4. The monoisotopic (exact) mass is 415 g/mol. The molecule has 0 radical (unpaired) electrons. The number of hydrogen-bond donors (Lipinski definition) is 2. The summed E-state index contributed by atoms with van der Waals surface area (Å²) in [5.41, 5.74) is 3.20. The standard InChI is InChI=1S/C24H25N5O2/c1-3-16-9-10-22(25-13-16)31-17-12-24(4-2)15-26-23-20(29(24)14-17)11-19(27-28-23)18-7-5-6-8-21(18)30/h3,5-11,13,17,30H,1,4,12,14-15H2,2H3,(H,26,28)/t17-,24-/m1/s1. The van der Waals surface area contributed by atoms with Crippen LogP contribution in [-0.4, -0.2) is 45.0 Å². The molecule has 7 nitrogen and oxygen atoms in total. The van der Waals surface area contributed by atoms with Crippen LogP contribution < -0.4 is 15.0 Å². The first-order chi connectivity index (χ1) is 15.1. The molecule has 0 saturated carbocycles. The summed E-state index contributed by atoms with van der Waals surface area (Å²) in [6, 6.07) is 13.0. The van der Waals surface area contributed by atoms with Crippen LogP contribution in [0, 0.1) is 0 Å². The fraction of sp³-hybridized carbons (Fsp3) is 0.292. The number of fused-ring (bicyclic) bond motifs is 3. The lowest BCUT2D eigenvalue weighted by Gasteiger charge is -2.43. The smallest absolute Gasteiger partial charge is 0.213 e. The van der Waals surface area contributed by atoms with Gasteiger partial charge in [-0.3, -0.25) is 0 Å². The summed E-state index contributed by atoms with van der Waals surface area (Å²) >= 11 is 0. The molecule has 4 heterocycles. The maximum atomic E-state index is 10.3. The van der Waals surface area contributed by atoms with Crippen molar-refractivity contribution in [2.75, 3.05) is 23.3 Å². The van der Waals surface area contributed by atoms with Gasteiger partial charge in [0.25, 0.3) is 0 Å². The van der Waals surface area contributed by atoms with Crippen molar-refractivity contribution >= 4 is 17.6 Å². The number of benzene rings is 1. The molecule has 7 heteroatoms. The van der Waals surface area contributed by atoms with Crippen LogP contribution in [0.5, 0.6) is 11.6 Å². The van der Waals surface area contributed by atoms with E-state index < -0.39 is 0 Å². The molecule has 5 rings (SSSR count). The lowest BCUT2D eigenvalue weighted by Crippen LogP contribution is -2.52. The van der Waals surface area contributed by atoms with Gasteiger partial charge in [0, 0.05) is 30.8 Å². The number of aromatic nitrogens is 3. The Balaban J connectivity index is 1.46. The summed E-state index contributed by atoms with van der Waals surface area (Å²) in [6.07, 6.45) is 5.40. The quantitative estimate of drug-likeness (QED) is 0.648. The summed E-state index contributed by atoms with van der Waals surface area (Å²) < 4.78 is 6.25. The normalized spacial score (nSPS) is 21.7. The average molecular weight is 415 g/mol. The molecule has 0 spiro atoms. The highest BCUT2D eigenvalue weighted by molar-refractivity contribution is 5.77. The maximum absolute atomic E-state index is 10.3. The number of phenolic OH excluding ortho intramolecular Hbond substituents is 1. The van der Waals surface area contributed by atoms with Gasteiger partial charge in [-0.25, -0.2) is 4.98 Å². The molecule has 31 heavy (non-hydrogen) atoms. The molecule has 0 amide bonds. The Bertz CT molecular complexity index is 1120. The number of hydrogen-bond acceptors (Lipinski definition) is 7. The van der Waals surface area contributed by atoms with Crippen molar-refractivity contribution in [3.63, 3.8) is 0 Å². The zero-order valence-electron chi connectivity index (χ0n) is 17.5. The van der Waals surface area contributed by atoms with Crippen molar-refractivity contribution in [2.24, 2.45) is 0 Å². The van der Waals surface area contributed by atoms with E-state index >= 15 is 0 Å². The van der Waals surface area contributed by atoms with Crippen LogP contribution in [0.2, 0.25) is 0 Å². The van der Waals surface area contributed by atoms with Crippen LogP contribution in [0.25, 0.3) is 17.3 Å².